The summed E-state index contributed by atoms with van der Waals surface area (Å²) in [6, 6.07) is 22.8. The molecule has 0 saturated heterocycles. The summed E-state index contributed by atoms with van der Waals surface area (Å²) in [4.78, 5) is 23.5. The van der Waals surface area contributed by atoms with E-state index in [1.165, 1.54) is 12.1 Å². The van der Waals surface area contributed by atoms with Crippen LogP contribution < -0.4 is 0 Å². The van der Waals surface area contributed by atoms with E-state index in [0.717, 1.165) is 26.4 Å². The fourth-order valence-corrected chi connectivity index (χ4v) is 3.66. The Morgan fingerprint density at radius 2 is 1.44 bits per heavy atom. The van der Waals surface area contributed by atoms with Gasteiger partial charge in [-0.05, 0) is 76.0 Å². The largest absolute Gasteiger partial charge is 0.508 e. The number of carboxylic acids is 1. The predicted octanol–water partition coefficient (Wildman–Crippen LogP) is 5.95. The van der Waals surface area contributed by atoms with E-state index in [-0.39, 0.29) is 17.9 Å². The summed E-state index contributed by atoms with van der Waals surface area (Å²) in [6.45, 7) is 0.178. The molecule has 6 heteroatoms. The van der Waals surface area contributed by atoms with E-state index < -0.39 is 11.9 Å². The monoisotopic (exact) mass is 490 g/mol. The van der Waals surface area contributed by atoms with Gasteiger partial charge in [-0.1, -0.05) is 46.3 Å². The molecule has 5 nitrogen and oxygen atoms in total. The standard InChI is InChI=1S/C26H19BrO5/c27-23-9-3-17(4-10-23)15-32-26(31)20-8-7-19-14-24(28)22(13-21(19)12-20)11-16-1-5-18(6-2-16)25(29)30/h1-10,12-14,28H,11,15H2,(H,29,30). The van der Waals surface area contributed by atoms with E-state index in [0.29, 0.717) is 17.5 Å². The number of carbonyl (C=O) groups is 2. The lowest BCUT2D eigenvalue weighted by Crippen LogP contribution is -2.05. The Kier molecular flexibility index (Phi) is 6.23. The van der Waals surface area contributed by atoms with Gasteiger partial charge in [0, 0.05) is 10.9 Å². The number of aromatic carboxylic acids is 1. The normalized spacial score (nSPS) is 10.8. The minimum atomic E-state index is -0.982. The van der Waals surface area contributed by atoms with Gasteiger partial charge < -0.3 is 14.9 Å². The van der Waals surface area contributed by atoms with Gasteiger partial charge in [-0.25, -0.2) is 9.59 Å². The molecule has 0 aliphatic heterocycles. The third kappa shape index (κ3) is 4.98. The molecule has 0 amide bonds. The minimum absolute atomic E-state index is 0.144. The van der Waals surface area contributed by atoms with Crippen molar-refractivity contribution < 1.29 is 24.5 Å². The third-order valence-corrected chi connectivity index (χ3v) is 5.68. The third-order valence-electron chi connectivity index (χ3n) is 5.15. The average molecular weight is 491 g/mol. The Morgan fingerprint density at radius 3 is 2.12 bits per heavy atom. The first-order valence-corrected chi connectivity index (χ1v) is 10.7. The number of phenols is 1. The second-order valence-corrected chi connectivity index (χ2v) is 8.34. The average Bonchev–Trinajstić information content (AvgIpc) is 2.79. The molecule has 4 rings (SSSR count). The first-order valence-electron chi connectivity index (χ1n) is 9.88. The summed E-state index contributed by atoms with van der Waals surface area (Å²) in [5, 5.41) is 21.1. The molecular formula is C26H19BrO5. The highest BCUT2D eigenvalue weighted by Crippen LogP contribution is 2.28. The molecule has 4 aromatic carbocycles. The predicted molar refractivity (Wildman–Crippen MR) is 125 cm³/mol. The lowest BCUT2D eigenvalue weighted by molar-refractivity contribution is 0.0472. The van der Waals surface area contributed by atoms with E-state index in [9.17, 15) is 14.7 Å². The summed E-state index contributed by atoms with van der Waals surface area (Å²) in [7, 11) is 0. The summed E-state index contributed by atoms with van der Waals surface area (Å²) in [6.07, 6.45) is 0.430. The van der Waals surface area contributed by atoms with Crippen LogP contribution in [0.4, 0.5) is 0 Å². The number of hydrogen-bond acceptors (Lipinski definition) is 4. The number of benzene rings is 4. The summed E-state index contributed by atoms with van der Waals surface area (Å²) in [5.41, 5.74) is 3.08. The molecule has 0 atom stereocenters. The number of ether oxygens (including phenoxy) is 1. The molecule has 0 radical (unpaired) electrons. The van der Waals surface area contributed by atoms with E-state index in [1.807, 2.05) is 30.3 Å². The zero-order valence-corrected chi connectivity index (χ0v) is 18.5. The summed E-state index contributed by atoms with van der Waals surface area (Å²) in [5.74, 6) is -1.26. The first-order chi connectivity index (χ1) is 15.4. The van der Waals surface area contributed by atoms with Crippen LogP contribution in [0.25, 0.3) is 10.8 Å². The molecule has 0 spiro atoms. The number of hydrogen-bond donors (Lipinski definition) is 2. The van der Waals surface area contributed by atoms with Crippen molar-refractivity contribution >= 4 is 38.6 Å². The molecule has 0 aliphatic carbocycles. The van der Waals surface area contributed by atoms with Gasteiger partial charge in [0.2, 0.25) is 0 Å². The van der Waals surface area contributed by atoms with Gasteiger partial charge in [-0.3, -0.25) is 0 Å². The molecule has 2 N–H and O–H groups in total. The number of carboxylic acid groups (broad SMARTS) is 1. The van der Waals surface area contributed by atoms with Crippen LogP contribution in [0.3, 0.4) is 0 Å². The number of fused-ring (bicyclic) bond motifs is 1. The highest BCUT2D eigenvalue weighted by Gasteiger charge is 2.11. The lowest BCUT2D eigenvalue weighted by Gasteiger charge is -2.10. The quantitative estimate of drug-likeness (QED) is 0.326. The van der Waals surface area contributed by atoms with Crippen LogP contribution in [-0.4, -0.2) is 22.2 Å². The highest BCUT2D eigenvalue weighted by atomic mass is 79.9. The van der Waals surface area contributed by atoms with E-state index in [4.69, 9.17) is 9.84 Å². The number of aromatic hydroxyl groups is 1. The Balaban J connectivity index is 1.53. The number of rotatable bonds is 6. The van der Waals surface area contributed by atoms with Crippen molar-refractivity contribution in [1.82, 2.24) is 0 Å². The van der Waals surface area contributed by atoms with Crippen molar-refractivity contribution in [2.75, 3.05) is 0 Å². The number of halogens is 1. The van der Waals surface area contributed by atoms with Crippen LogP contribution in [0.5, 0.6) is 5.75 Å². The molecule has 0 saturated carbocycles. The SMILES string of the molecule is O=C(O)c1ccc(Cc2cc3cc(C(=O)OCc4ccc(Br)cc4)ccc3cc2O)cc1. The van der Waals surface area contributed by atoms with E-state index in [2.05, 4.69) is 15.9 Å². The van der Waals surface area contributed by atoms with Gasteiger partial charge in [-0.2, -0.15) is 0 Å². The molecule has 0 bridgehead atoms. The summed E-state index contributed by atoms with van der Waals surface area (Å²) < 4.78 is 6.39. The fraction of sp³-hybridized carbons (Fsp3) is 0.0769. The molecule has 160 valence electrons. The summed E-state index contributed by atoms with van der Waals surface area (Å²) >= 11 is 3.38. The van der Waals surface area contributed by atoms with Crippen LogP contribution in [0, 0.1) is 0 Å². The van der Waals surface area contributed by atoms with E-state index >= 15 is 0 Å². The van der Waals surface area contributed by atoms with E-state index in [1.54, 1.807) is 36.4 Å². The second kappa shape index (κ2) is 9.24. The number of esters is 1. The van der Waals surface area contributed by atoms with Crippen LogP contribution in [0.2, 0.25) is 0 Å². The van der Waals surface area contributed by atoms with Crippen molar-refractivity contribution in [1.29, 1.82) is 0 Å². The highest BCUT2D eigenvalue weighted by molar-refractivity contribution is 9.10. The zero-order valence-electron chi connectivity index (χ0n) is 16.9. The van der Waals surface area contributed by atoms with Crippen molar-refractivity contribution in [2.45, 2.75) is 13.0 Å². The number of phenolic OH excluding ortho intramolecular Hbond substituents is 1. The second-order valence-electron chi connectivity index (χ2n) is 7.42. The molecule has 0 fully saturated rings. The maximum Gasteiger partial charge on any atom is 0.338 e. The Bertz CT molecular complexity index is 1290. The first kappa shape index (κ1) is 21.6. The minimum Gasteiger partial charge on any atom is -0.508 e. The molecule has 32 heavy (non-hydrogen) atoms. The van der Waals surface area contributed by atoms with Crippen LogP contribution >= 0.6 is 15.9 Å². The maximum absolute atomic E-state index is 12.5. The molecule has 0 heterocycles. The Morgan fingerprint density at radius 1 is 0.781 bits per heavy atom. The van der Waals surface area contributed by atoms with Crippen molar-refractivity contribution in [3.8, 4) is 5.75 Å². The molecule has 0 unspecified atom stereocenters. The molecular weight excluding hydrogens is 472 g/mol. The van der Waals surface area contributed by atoms with Crippen molar-refractivity contribution in [2.24, 2.45) is 0 Å². The van der Waals surface area contributed by atoms with Gasteiger partial charge in [-0.15, -0.1) is 0 Å². The molecule has 0 aliphatic rings. The van der Waals surface area contributed by atoms with Gasteiger partial charge in [0.15, 0.2) is 0 Å². The zero-order chi connectivity index (χ0) is 22.7. The van der Waals surface area contributed by atoms with Crippen LogP contribution in [0.1, 0.15) is 37.4 Å². The van der Waals surface area contributed by atoms with Crippen molar-refractivity contribution in [3.63, 3.8) is 0 Å². The topological polar surface area (TPSA) is 83.8 Å². The lowest BCUT2D eigenvalue weighted by atomic mass is 9.98. The van der Waals surface area contributed by atoms with Gasteiger partial charge >= 0.3 is 11.9 Å². The molecule has 4 aromatic rings. The number of carbonyl (C=O) groups excluding carboxylic acids is 1. The van der Waals surface area contributed by atoms with Crippen molar-refractivity contribution in [3.05, 3.63) is 111 Å². The van der Waals surface area contributed by atoms with Gasteiger partial charge in [0.1, 0.15) is 12.4 Å². The fourth-order valence-electron chi connectivity index (χ4n) is 3.40. The van der Waals surface area contributed by atoms with Gasteiger partial charge in [0.05, 0.1) is 11.1 Å². The van der Waals surface area contributed by atoms with Gasteiger partial charge in [0.25, 0.3) is 0 Å². The van der Waals surface area contributed by atoms with Crippen LogP contribution in [0.15, 0.2) is 83.3 Å². The smallest absolute Gasteiger partial charge is 0.338 e. The van der Waals surface area contributed by atoms with Crippen LogP contribution in [-0.2, 0) is 17.8 Å². The Labute approximate surface area is 193 Å². The Hall–Kier alpha value is -3.64. The molecule has 0 aromatic heterocycles. The maximum atomic E-state index is 12.5.